The SMILES string of the molecule is COc1ccc([C@@H]2CCN(C(=O)COc3ccc(Cl)cc3Cl)C2)cc1. The molecule has 0 spiro atoms. The number of carbonyl (C=O) groups excluding carboxylic acids is 1. The summed E-state index contributed by atoms with van der Waals surface area (Å²) < 4.78 is 10.7. The molecule has 1 aliphatic rings. The van der Waals surface area contributed by atoms with Gasteiger partial charge in [0.1, 0.15) is 11.5 Å². The van der Waals surface area contributed by atoms with Crippen LogP contribution in [0.1, 0.15) is 17.9 Å². The zero-order chi connectivity index (χ0) is 17.8. The van der Waals surface area contributed by atoms with Crippen LogP contribution in [-0.2, 0) is 4.79 Å². The van der Waals surface area contributed by atoms with Gasteiger partial charge in [0.05, 0.1) is 12.1 Å². The van der Waals surface area contributed by atoms with E-state index in [1.807, 2.05) is 17.0 Å². The van der Waals surface area contributed by atoms with Gasteiger partial charge in [0.2, 0.25) is 0 Å². The van der Waals surface area contributed by atoms with Crippen molar-refractivity contribution >= 4 is 29.1 Å². The van der Waals surface area contributed by atoms with Gasteiger partial charge in [-0.25, -0.2) is 0 Å². The largest absolute Gasteiger partial charge is 0.497 e. The van der Waals surface area contributed by atoms with Crippen LogP contribution in [0, 0.1) is 0 Å². The summed E-state index contributed by atoms with van der Waals surface area (Å²) >= 11 is 11.9. The Morgan fingerprint density at radius 3 is 2.64 bits per heavy atom. The molecule has 0 saturated carbocycles. The second-order valence-electron chi connectivity index (χ2n) is 5.96. The highest BCUT2D eigenvalue weighted by Crippen LogP contribution is 2.30. The molecule has 2 aromatic rings. The van der Waals surface area contributed by atoms with Gasteiger partial charge in [-0.3, -0.25) is 4.79 Å². The van der Waals surface area contributed by atoms with E-state index in [2.05, 4.69) is 12.1 Å². The minimum Gasteiger partial charge on any atom is -0.497 e. The standard InChI is InChI=1S/C19H19Cl2NO3/c1-24-16-5-2-13(3-6-16)14-8-9-22(11-14)19(23)12-25-18-7-4-15(20)10-17(18)21/h2-7,10,14H,8-9,11-12H2,1H3/t14-/m1/s1. The van der Waals surface area contributed by atoms with Crippen molar-refractivity contribution in [2.24, 2.45) is 0 Å². The molecule has 1 fully saturated rings. The molecule has 1 amide bonds. The number of rotatable bonds is 5. The average Bonchev–Trinajstić information content (AvgIpc) is 3.11. The first kappa shape index (κ1) is 17.9. The van der Waals surface area contributed by atoms with Gasteiger partial charge in [-0.05, 0) is 42.3 Å². The summed E-state index contributed by atoms with van der Waals surface area (Å²) in [7, 11) is 1.65. The van der Waals surface area contributed by atoms with Crippen LogP contribution in [0.2, 0.25) is 10.0 Å². The minimum atomic E-state index is -0.0398. The molecule has 1 heterocycles. The van der Waals surface area contributed by atoms with Crippen molar-refractivity contribution < 1.29 is 14.3 Å². The van der Waals surface area contributed by atoms with E-state index in [1.54, 1.807) is 25.3 Å². The molecule has 0 N–H and O–H groups in total. The number of nitrogens with zero attached hydrogens (tertiary/aromatic N) is 1. The number of hydrogen-bond donors (Lipinski definition) is 0. The topological polar surface area (TPSA) is 38.8 Å². The molecule has 0 bridgehead atoms. The van der Waals surface area contributed by atoms with Crippen LogP contribution in [0.4, 0.5) is 0 Å². The number of benzene rings is 2. The maximum absolute atomic E-state index is 12.4. The van der Waals surface area contributed by atoms with Crippen LogP contribution >= 0.6 is 23.2 Å². The van der Waals surface area contributed by atoms with E-state index in [1.165, 1.54) is 5.56 Å². The molecule has 1 atom stereocenters. The van der Waals surface area contributed by atoms with E-state index in [0.29, 0.717) is 28.3 Å². The zero-order valence-corrected chi connectivity index (χ0v) is 15.4. The lowest BCUT2D eigenvalue weighted by Gasteiger charge is -2.17. The first-order valence-electron chi connectivity index (χ1n) is 8.06. The number of methoxy groups -OCH3 is 1. The van der Waals surface area contributed by atoms with Crippen molar-refractivity contribution in [3.63, 3.8) is 0 Å². The summed E-state index contributed by atoms with van der Waals surface area (Å²) in [5.74, 6) is 1.60. The maximum Gasteiger partial charge on any atom is 0.260 e. The third-order valence-corrected chi connectivity index (χ3v) is 4.90. The first-order chi connectivity index (χ1) is 12.1. The van der Waals surface area contributed by atoms with Crippen molar-refractivity contribution in [2.75, 3.05) is 26.8 Å². The summed E-state index contributed by atoms with van der Waals surface area (Å²) in [5.41, 5.74) is 1.22. The summed E-state index contributed by atoms with van der Waals surface area (Å²) in [6, 6.07) is 13.0. The third kappa shape index (κ3) is 4.39. The van der Waals surface area contributed by atoms with E-state index in [4.69, 9.17) is 32.7 Å². The lowest BCUT2D eigenvalue weighted by Crippen LogP contribution is -2.32. The molecule has 3 rings (SSSR count). The number of halogens is 2. The molecular formula is C19H19Cl2NO3. The van der Waals surface area contributed by atoms with Gasteiger partial charge in [-0.1, -0.05) is 35.3 Å². The van der Waals surface area contributed by atoms with E-state index < -0.39 is 0 Å². The lowest BCUT2D eigenvalue weighted by atomic mass is 9.98. The summed E-state index contributed by atoms with van der Waals surface area (Å²) in [5, 5.41) is 0.934. The number of likely N-dealkylation sites (tertiary alicyclic amines) is 1. The number of ether oxygens (including phenoxy) is 2. The Bertz CT molecular complexity index is 749. The molecular weight excluding hydrogens is 361 g/mol. The molecule has 4 nitrogen and oxygen atoms in total. The highest BCUT2D eigenvalue weighted by atomic mass is 35.5. The quantitative estimate of drug-likeness (QED) is 0.772. The van der Waals surface area contributed by atoms with Crippen molar-refractivity contribution in [3.8, 4) is 11.5 Å². The van der Waals surface area contributed by atoms with Crippen LogP contribution in [-0.4, -0.2) is 37.6 Å². The normalized spacial score (nSPS) is 16.8. The fourth-order valence-corrected chi connectivity index (χ4v) is 3.42. The van der Waals surface area contributed by atoms with E-state index in [-0.39, 0.29) is 12.5 Å². The molecule has 0 unspecified atom stereocenters. The molecule has 25 heavy (non-hydrogen) atoms. The van der Waals surface area contributed by atoms with Crippen LogP contribution in [0.25, 0.3) is 0 Å². The highest BCUT2D eigenvalue weighted by molar-refractivity contribution is 6.35. The Morgan fingerprint density at radius 1 is 1.20 bits per heavy atom. The van der Waals surface area contributed by atoms with Gasteiger partial charge in [-0.2, -0.15) is 0 Å². The van der Waals surface area contributed by atoms with E-state index >= 15 is 0 Å². The van der Waals surface area contributed by atoms with E-state index in [0.717, 1.165) is 18.7 Å². The predicted molar refractivity (Wildman–Crippen MR) is 98.9 cm³/mol. The molecule has 6 heteroatoms. The first-order valence-corrected chi connectivity index (χ1v) is 8.82. The Labute approximate surface area is 157 Å². The monoisotopic (exact) mass is 379 g/mol. The summed E-state index contributed by atoms with van der Waals surface area (Å²) in [6.07, 6.45) is 0.944. The second kappa shape index (κ2) is 7.98. The van der Waals surface area contributed by atoms with Gasteiger partial charge in [-0.15, -0.1) is 0 Å². The maximum atomic E-state index is 12.4. The van der Waals surface area contributed by atoms with Crippen molar-refractivity contribution in [1.29, 1.82) is 0 Å². The Hall–Kier alpha value is -1.91. The van der Waals surface area contributed by atoms with Crippen LogP contribution in [0.5, 0.6) is 11.5 Å². The Morgan fingerprint density at radius 2 is 1.96 bits per heavy atom. The molecule has 0 aliphatic carbocycles. The van der Waals surface area contributed by atoms with Crippen molar-refractivity contribution in [3.05, 3.63) is 58.1 Å². The van der Waals surface area contributed by atoms with Crippen LogP contribution < -0.4 is 9.47 Å². The molecule has 0 radical (unpaired) electrons. The van der Waals surface area contributed by atoms with Crippen molar-refractivity contribution in [1.82, 2.24) is 4.90 Å². The van der Waals surface area contributed by atoms with Gasteiger partial charge < -0.3 is 14.4 Å². The van der Waals surface area contributed by atoms with Crippen LogP contribution in [0.3, 0.4) is 0 Å². The lowest BCUT2D eigenvalue weighted by molar-refractivity contribution is -0.132. The van der Waals surface area contributed by atoms with Crippen molar-refractivity contribution in [2.45, 2.75) is 12.3 Å². The number of hydrogen-bond acceptors (Lipinski definition) is 3. The number of amides is 1. The molecule has 2 aromatic carbocycles. The van der Waals surface area contributed by atoms with Crippen LogP contribution in [0.15, 0.2) is 42.5 Å². The minimum absolute atomic E-state index is 0.0311. The van der Waals surface area contributed by atoms with Gasteiger partial charge in [0.15, 0.2) is 6.61 Å². The Balaban J connectivity index is 1.55. The third-order valence-electron chi connectivity index (χ3n) is 4.37. The number of carbonyl (C=O) groups is 1. The molecule has 1 saturated heterocycles. The smallest absolute Gasteiger partial charge is 0.260 e. The Kier molecular flexibility index (Phi) is 5.71. The predicted octanol–water partition coefficient (Wildman–Crippen LogP) is 4.40. The highest BCUT2D eigenvalue weighted by Gasteiger charge is 2.27. The summed E-state index contributed by atoms with van der Waals surface area (Å²) in [6.45, 7) is 1.40. The summed E-state index contributed by atoms with van der Waals surface area (Å²) in [4.78, 5) is 14.2. The molecule has 132 valence electrons. The van der Waals surface area contributed by atoms with Gasteiger partial charge >= 0.3 is 0 Å². The molecule has 1 aliphatic heterocycles. The zero-order valence-electron chi connectivity index (χ0n) is 13.9. The fourth-order valence-electron chi connectivity index (χ4n) is 2.96. The molecule has 0 aromatic heterocycles. The van der Waals surface area contributed by atoms with Gasteiger partial charge in [0.25, 0.3) is 5.91 Å². The average molecular weight is 380 g/mol. The van der Waals surface area contributed by atoms with Gasteiger partial charge in [0, 0.05) is 24.0 Å². The fraction of sp³-hybridized carbons (Fsp3) is 0.316. The van der Waals surface area contributed by atoms with E-state index in [9.17, 15) is 4.79 Å². The second-order valence-corrected chi connectivity index (χ2v) is 6.81.